The zero-order chi connectivity index (χ0) is 21.3. The number of amides is 1. The highest BCUT2D eigenvalue weighted by atomic mass is 32.2. The first-order valence-electron chi connectivity index (χ1n) is 10.4. The van der Waals surface area contributed by atoms with E-state index in [1.165, 1.54) is 31.4 Å². The van der Waals surface area contributed by atoms with Gasteiger partial charge in [-0.25, -0.2) is 13.1 Å². The van der Waals surface area contributed by atoms with E-state index >= 15 is 0 Å². The number of hydrogen-bond acceptors (Lipinski definition) is 4. The van der Waals surface area contributed by atoms with E-state index in [9.17, 15) is 13.2 Å². The number of nitrogens with one attached hydrogen (secondary N) is 2. The van der Waals surface area contributed by atoms with Crippen molar-refractivity contribution in [3.8, 4) is 5.75 Å². The van der Waals surface area contributed by atoms with Crippen LogP contribution in [0.2, 0.25) is 0 Å². The van der Waals surface area contributed by atoms with Crippen LogP contribution in [0.5, 0.6) is 5.75 Å². The summed E-state index contributed by atoms with van der Waals surface area (Å²) in [6.07, 6.45) is 4.90. The fourth-order valence-corrected chi connectivity index (χ4v) is 6.26. The van der Waals surface area contributed by atoms with Crippen molar-refractivity contribution in [1.82, 2.24) is 4.72 Å². The number of benzene rings is 2. The highest BCUT2D eigenvalue weighted by Gasteiger charge is 2.42. The molecule has 4 atom stereocenters. The highest BCUT2D eigenvalue weighted by Crippen LogP contribution is 2.49. The minimum Gasteiger partial charge on any atom is -0.497 e. The summed E-state index contributed by atoms with van der Waals surface area (Å²) < 4.78 is 33.6. The Morgan fingerprint density at radius 3 is 2.30 bits per heavy atom. The Hall–Kier alpha value is -2.38. The largest absolute Gasteiger partial charge is 0.497 e. The van der Waals surface area contributed by atoms with Crippen LogP contribution in [0.1, 0.15) is 43.0 Å². The predicted molar refractivity (Wildman–Crippen MR) is 116 cm³/mol. The van der Waals surface area contributed by atoms with Crippen LogP contribution in [0.25, 0.3) is 0 Å². The number of hydrogen-bond donors (Lipinski definition) is 2. The van der Waals surface area contributed by atoms with Gasteiger partial charge in [-0.3, -0.25) is 4.79 Å². The van der Waals surface area contributed by atoms with Gasteiger partial charge >= 0.3 is 0 Å². The van der Waals surface area contributed by atoms with Crippen LogP contribution in [0, 0.1) is 17.8 Å². The van der Waals surface area contributed by atoms with E-state index < -0.39 is 10.0 Å². The summed E-state index contributed by atoms with van der Waals surface area (Å²) in [5, 5.41) is 2.78. The molecular formula is C23H28N2O4S. The molecular weight excluding hydrogens is 400 g/mol. The number of methoxy groups -OCH3 is 1. The average molecular weight is 429 g/mol. The molecule has 6 nitrogen and oxygen atoms in total. The van der Waals surface area contributed by atoms with Crippen LogP contribution < -0.4 is 14.8 Å². The molecule has 30 heavy (non-hydrogen) atoms. The number of carbonyl (C=O) groups is 1. The zero-order valence-corrected chi connectivity index (χ0v) is 18.1. The Kier molecular flexibility index (Phi) is 5.84. The van der Waals surface area contributed by atoms with Crippen molar-refractivity contribution in [1.29, 1.82) is 0 Å². The molecule has 2 aromatic carbocycles. The van der Waals surface area contributed by atoms with Gasteiger partial charge in [0, 0.05) is 17.3 Å². The minimum atomic E-state index is -3.60. The maximum atomic E-state index is 12.8. The second-order valence-corrected chi connectivity index (χ2v) is 10.2. The number of carbonyl (C=O) groups excluding carboxylic acids is 1. The summed E-state index contributed by atoms with van der Waals surface area (Å²) in [5.74, 6) is 2.27. The first-order chi connectivity index (χ1) is 14.4. The summed E-state index contributed by atoms with van der Waals surface area (Å²) in [4.78, 5) is 12.6. The maximum Gasteiger partial charge on any atom is 0.255 e. The maximum absolute atomic E-state index is 12.8. The average Bonchev–Trinajstić information content (AvgIpc) is 3.38. The van der Waals surface area contributed by atoms with Gasteiger partial charge < -0.3 is 10.1 Å². The Labute approximate surface area is 178 Å². The standard InChI is InChI=1S/C23H28N2O4S/c1-15(22-14-16-3-4-18(22)13-16)25-30(27,28)21-11-7-19(8-12-21)24-23(26)17-5-9-20(29-2)10-6-17/h5-12,15-16,18,22,25H,3-4,13-14H2,1-2H3,(H,24,26)/t15-,16-,18-,22-/m0/s1. The SMILES string of the molecule is COc1ccc(C(=O)Nc2ccc(S(=O)(=O)N[C@@H](C)[C@@H]3C[C@H]4CC[C@H]3C4)cc2)cc1. The third-order valence-corrected chi connectivity index (χ3v) is 8.13. The second-order valence-electron chi connectivity index (χ2n) is 8.46. The number of sulfonamides is 1. The van der Waals surface area contributed by atoms with Gasteiger partial charge in [-0.1, -0.05) is 6.42 Å². The third-order valence-electron chi connectivity index (χ3n) is 6.55. The first-order valence-corrected chi connectivity index (χ1v) is 11.9. The van der Waals surface area contributed by atoms with E-state index in [1.807, 2.05) is 6.92 Å². The van der Waals surface area contributed by atoms with Crippen molar-refractivity contribution in [2.75, 3.05) is 12.4 Å². The van der Waals surface area contributed by atoms with E-state index in [1.54, 1.807) is 43.5 Å². The number of anilines is 1. The Morgan fingerprint density at radius 1 is 1.03 bits per heavy atom. The predicted octanol–water partition coefficient (Wildman–Crippen LogP) is 4.05. The van der Waals surface area contributed by atoms with Crippen molar-refractivity contribution in [3.63, 3.8) is 0 Å². The van der Waals surface area contributed by atoms with Crippen molar-refractivity contribution in [2.24, 2.45) is 17.8 Å². The van der Waals surface area contributed by atoms with Gasteiger partial charge in [0.25, 0.3) is 5.91 Å². The van der Waals surface area contributed by atoms with Gasteiger partial charge in [0.2, 0.25) is 10.0 Å². The lowest BCUT2D eigenvalue weighted by molar-refractivity contribution is 0.102. The number of rotatable bonds is 7. The molecule has 160 valence electrons. The van der Waals surface area contributed by atoms with Crippen LogP contribution in [-0.2, 0) is 10.0 Å². The minimum absolute atomic E-state index is 0.0697. The molecule has 1 amide bonds. The van der Waals surface area contributed by atoms with Crippen molar-refractivity contribution in [2.45, 2.75) is 43.5 Å². The molecule has 2 bridgehead atoms. The lowest BCUT2D eigenvalue weighted by Gasteiger charge is -2.28. The lowest BCUT2D eigenvalue weighted by atomic mass is 9.84. The molecule has 0 aromatic heterocycles. The summed E-state index contributed by atoms with van der Waals surface area (Å²) in [6, 6.07) is 13.0. The van der Waals surface area contributed by atoms with Gasteiger partial charge in [0.05, 0.1) is 12.0 Å². The molecule has 2 saturated carbocycles. The number of fused-ring (bicyclic) bond motifs is 2. The summed E-state index contributed by atoms with van der Waals surface area (Å²) in [7, 11) is -2.03. The molecule has 0 saturated heterocycles. The van der Waals surface area contributed by atoms with E-state index in [-0.39, 0.29) is 16.8 Å². The topological polar surface area (TPSA) is 84.5 Å². The monoisotopic (exact) mass is 428 g/mol. The summed E-state index contributed by atoms with van der Waals surface area (Å²) in [6.45, 7) is 1.98. The van der Waals surface area contributed by atoms with Crippen molar-refractivity contribution in [3.05, 3.63) is 54.1 Å². The summed E-state index contributed by atoms with van der Waals surface area (Å²) in [5.41, 5.74) is 1.03. The van der Waals surface area contributed by atoms with Crippen LogP contribution in [0.4, 0.5) is 5.69 Å². The molecule has 0 radical (unpaired) electrons. The van der Waals surface area contributed by atoms with Gasteiger partial charge in [0.15, 0.2) is 0 Å². The molecule has 0 unspecified atom stereocenters. The normalized spacial score (nSPS) is 23.9. The molecule has 0 aliphatic heterocycles. The highest BCUT2D eigenvalue weighted by molar-refractivity contribution is 7.89. The molecule has 0 spiro atoms. The van der Waals surface area contributed by atoms with Crippen molar-refractivity contribution >= 4 is 21.6 Å². The lowest BCUT2D eigenvalue weighted by Crippen LogP contribution is -2.40. The van der Waals surface area contributed by atoms with E-state index in [0.29, 0.717) is 28.8 Å². The fourth-order valence-electron chi connectivity index (χ4n) is 4.97. The zero-order valence-electron chi connectivity index (χ0n) is 17.3. The first kappa shape index (κ1) is 20.9. The van der Waals surface area contributed by atoms with Crippen LogP contribution >= 0.6 is 0 Å². The second kappa shape index (κ2) is 8.40. The van der Waals surface area contributed by atoms with Gasteiger partial charge in [-0.2, -0.15) is 0 Å². The molecule has 0 heterocycles. The Bertz CT molecular complexity index is 1000. The fraction of sp³-hybridized carbons (Fsp3) is 0.435. The van der Waals surface area contributed by atoms with Gasteiger partial charge in [-0.15, -0.1) is 0 Å². The van der Waals surface area contributed by atoms with Crippen LogP contribution in [-0.4, -0.2) is 27.5 Å². The van der Waals surface area contributed by atoms with E-state index in [0.717, 1.165) is 12.3 Å². The quantitative estimate of drug-likeness (QED) is 0.697. The number of ether oxygens (including phenoxy) is 1. The van der Waals surface area contributed by atoms with Crippen molar-refractivity contribution < 1.29 is 17.9 Å². The molecule has 2 fully saturated rings. The van der Waals surface area contributed by atoms with E-state index in [2.05, 4.69) is 10.0 Å². The van der Waals surface area contributed by atoms with E-state index in [4.69, 9.17) is 4.74 Å². The molecule has 2 N–H and O–H groups in total. The molecule has 7 heteroatoms. The molecule has 2 aliphatic rings. The third kappa shape index (κ3) is 4.37. The Balaban J connectivity index is 1.38. The smallest absolute Gasteiger partial charge is 0.255 e. The summed E-state index contributed by atoms with van der Waals surface area (Å²) >= 11 is 0. The van der Waals surface area contributed by atoms with Gasteiger partial charge in [-0.05, 0) is 92.5 Å². The Morgan fingerprint density at radius 2 is 1.73 bits per heavy atom. The molecule has 4 rings (SSSR count). The molecule has 2 aliphatic carbocycles. The molecule has 2 aromatic rings. The van der Waals surface area contributed by atoms with Gasteiger partial charge in [0.1, 0.15) is 5.75 Å². The van der Waals surface area contributed by atoms with Crippen LogP contribution in [0.3, 0.4) is 0 Å². The van der Waals surface area contributed by atoms with Crippen LogP contribution in [0.15, 0.2) is 53.4 Å².